The van der Waals surface area contributed by atoms with Crippen molar-refractivity contribution < 1.29 is 17.7 Å². The van der Waals surface area contributed by atoms with Crippen LogP contribution in [0.25, 0.3) is 5.57 Å². The van der Waals surface area contributed by atoms with Crippen molar-refractivity contribution in [2.45, 2.75) is 40.8 Å². The van der Waals surface area contributed by atoms with E-state index in [0.717, 1.165) is 0 Å². The third-order valence-electron chi connectivity index (χ3n) is 1.61. The van der Waals surface area contributed by atoms with Crippen molar-refractivity contribution in [1.29, 1.82) is 0 Å². The Labute approximate surface area is 117 Å². The van der Waals surface area contributed by atoms with Crippen LogP contribution in [0.4, 0.5) is 13.2 Å². The van der Waals surface area contributed by atoms with Gasteiger partial charge in [-0.15, -0.1) is 0 Å². The molecule has 1 aromatic rings. The minimum atomic E-state index is -4.63. The van der Waals surface area contributed by atoms with E-state index in [-0.39, 0.29) is 5.82 Å². The molecule has 0 aliphatic heterocycles. The molecule has 1 rings (SSSR count). The van der Waals surface area contributed by atoms with Crippen molar-refractivity contribution in [3.05, 3.63) is 42.6 Å². The van der Waals surface area contributed by atoms with Crippen molar-refractivity contribution in [1.82, 2.24) is 10.1 Å². The first kappa shape index (κ1) is 20.5. The fraction of sp³-hybridized carbons (Fsp3) is 0.429. The van der Waals surface area contributed by atoms with Crippen LogP contribution in [0.15, 0.2) is 35.4 Å². The van der Waals surface area contributed by atoms with Crippen molar-refractivity contribution in [2.75, 3.05) is 0 Å². The van der Waals surface area contributed by atoms with Crippen LogP contribution >= 0.6 is 0 Å². The van der Waals surface area contributed by atoms with Gasteiger partial charge in [0, 0.05) is 5.57 Å². The third kappa shape index (κ3) is 6.92. The summed E-state index contributed by atoms with van der Waals surface area (Å²) in [7, 11) is 0. The summed E-state index contributed by atoms with van der Waals surface area (Å²) in [5.74, 6) is -1.50. The molecule has 0 spiro atoms. The predicted molar refractivity (Wildman–Crippen MR) is 75.0 cm³/mol. The molecule has 0 radical (unpaired) electrons. The van der Waals surface area contributed by atoms with E-state index in [4.69, 9.17) is 0 Å². The highest BCUT2D eigenvalue weighted by molar-refractivity contribution is 5.69. The molecule has 0 atom stereocenters. The lowest BCUT2D eigenvalue weighted by Crippen LogP contribution is -2.05. The maximum atomic E-state index is 12.2. The summed E-state index contributed by atoms with van der Waals surface area (Å²) in [4.78, 5) is 3.23. The van der Waals surface area contributed by atoms with E-state index >= 15 is 0 Å². The number of allylic oxidation sites excluding steroid dienone is 5. The topological polar surface area (TPSA) is 38.9 Å². The number of alkyl halides is 3. The molecular formula is C14H21F3N2O. The summed E-state index contributed by atoms with van der Waals surface area (Å²) in [5.41, 5.74) is 0.359. The van der Waals surface area contributed by atoms with Gasteiger partial charge in [0.2, 0.25) is 5.82 Å². The van der Waals surface area contributed by atoms with E-state index in [0.29, 0.717) is 5.57 Å². The molecule has 6 heteroatoms. The Hall–Kier alpha value is -1.85. The van der Waals surface area contributed by atoms with Crippen LogP contribution in [0.1, 0.15) is 46.3 Å². The molecule has 0 N–H and O–H groups in total. The zero-order valence-electron chi connectivity index (χ0n) is 12.5. The van der Waals surface area contributed by atoms with Crippen molar-refractivity contribution in [3.63, 3.8) is 0 Å². The second-order valence-corrected chi connectivity index (χ2v) is 2.77. The fourth-order valence-electron chi connectivity index (χ4n) is 0.890. The van der Waals surface area contributed by atoms with Crippen LogP contribution in [0.5, 0.6) is 0 Å². The molecule has 0 aromatic carbocycles. The number of aromatic nitrogens is 2. The Morgan fingerprint density at radius 1 is 1.20 bits per heavy atom. The summed E-state index contributed by atoms with van der Waals surface area (Å²) in [6, 6.07) is 0. The Bertz CT molecular complexity index is 432. The van der Waals surface area contributed by atoms with Crippen LogP contribution in [0, 0.1) is 0 Å². The second kappa shape index (κ2) is 11.0. The van der Waals surface area contributed by atoms with E-state index in [1.807, 2.05) is 27.7 Å². The zero-order chi connectivity index (χ0) is 16.2. The SMILES string of the molecule is C=C/C(=C\C=C/C)c1noc(C(F)(F)F)n1.CC.CC. The lowest BCUT2D eigenvalue weighted by Gasteiger charge is -1.96. The van der Waals surface area contributed by atoms with E-state index in [2.05, 4.69) is 21.2 Å². The lowest BCUT2D eigenvalue weighted by atomic mass is 10.2. The van der Waals surface area contributed by atoms with Crippen LogP contribution in [0.3, 0.4) is 0 Å². The van der Waals surface area contributed by atoms with Gasteiger partial charge in [-0.05, 0) is 6.92 Å². The lowest BCUT2D eigenvalue weighted by molar-refractivity contribution is -0.159. The molecule has 1 heterocycles. The standard InChI is InChI=1S/C10H9F3N2O.2C2H6/c1-3-5-6-7(4-2)8-14-9(16-15-8)10(11,12)13;2*1-2/h3-6H,2H2,1H3;2*1-2H3/b5-3-,7-6+;;. The van der Waals surface area contributed by atoms with E-state index in [1.165, 1.54) is 12.2 Å². The Kier molecular flexibility index (Phi) is 11.3. The van der Waals surface area contributed by atoms with Gasteiger partial charge in [0.05, 0.1) is 0 Å². The molecule has 0 aliphatic carbocycles. The van der Waals surface area contributed by atoms with Crippen LogP contribution in [0.2, 0.25) is 0 Å². The first-order chi connectivity index (χ1) is 9.49. The first-order valence-electron chi connectivity index (χ1n) is 6.35. The maximum Gasteiger partial charge on any atom is 0.471 e. The van der Waals surface area contributed by atoms with Gasteiger partial charge >= 0.3 is 12.1 Å². The maximum absolute atomic E-state index is 12.2. The van der Waals surface area contributed by atoms with Gasteiger partial charge in [-0.1, -0.05) is 63.7 Å². The molecule has 20 heavy (non-hydrogen) atoms. The van der Waals surface area contributed by atoms with Crippen molar-refractivity contribution in [3.8, 4) is 0 Å². The first-order valence-corrected chi connectivity index (χ1v) is 6.35. The van der Waals surface area contributed by atoms with Gasteiger partial charge in [0.25, 0.3) is 0 Å². The van der Waals surface area contributed by atoms with Gasteiger partial charge in [0.15, 0.2) is 0 Å². The van der Waals surface area contributed by atoms with E-state index in [1.54, 1.807) is 19.1 Å². The van der Waals surface area contributed by atoms with Crippen molar-refractivity contribution >= 4 is 5.57 Å². The van der Waals surface area contributed by atoms with Crippen LogP contribution < -0.4 is 0 Å². The quantitative estimate of drug-likeness (QED) is 0.710. The molecule has 1 aromatic heterocycles. The smallest absolute Gasteiger partial charge is 0.329 e. The molecule has 0 unspecified atom stereocenters. The molecule has 0 fully saturated rings. The Balaban J connectivity index is 0. The van der Waals surface area contributed by atoms with Gasteiger partial charge in [-0.2, -0.15) is 18.2 Å². The highest BCUT2D eigenvalue weighted by Crippen LogP contribution is 2.28. The molecule has 0 saturated heterocycles. The number of hydrogen-bond acceptors (Lipinski definition) is 3. The van der Waals surface area contributed by atoms with Gasteiger partial charge < -0.3 is 4.52 Å². The highest BCUT2D eigenvalue weighted by Gasteiger charge is 2.38. The molecule has 0 aliphatic rings. The van der Waals surface area contributed by atoms with Crippen LogP contribution in [-0.4, -0.2) is 10.1 Å². The molecule has 114 valence electrons. The number of rotatable bonds is 3. The Morgan fingerprint density at radius 2 is 1.75 bits per heavy atom. The number of halogens is 3. The largest absolute Gasteiger partial charge is 0.471 e. The monoisotopic (exact) mass is 290 g/mol. The van der Waals surface area contributed by atoms with Gasteiger partial charge in [0.1, 0.15) is 0 Å². The highest BCUT2D eigenvalue weighted by atomic mass is 19.4. The zero-order valence-corrected chi connectivity index (χ0v) is 12.5. The molecular weight excluding hydrogens is 269 g/mol. The number of nitrogens with zero attached hydrogens (tertiary/aromatic N) is 2. The fourth-order valence-corrected chi connectivity index (χ4v) is 0.890. The normalized spacial score (nSPS) is 11.3. The van der Waals surface area contributed by atoms with Crippen molar-refractivity contribution in [2.24, 2.45) is 0 Å². The average molecular weight is 290 g/mol. The number of hydrogen-bond donors (Lipinski definition) is 0. The summed E-state index contributed by atoms with van der Waals surface area (Å²) in [6.45, 7) is 13.2. The van der Waals surface area contributed by atoms with Gasteiger partial charge in [-0.25, -0.2) is 0 Å². The predicted octanol–water partition coefficient (Wildman–Crippen LogP) is 5.29. The summed E-state index contributed by atoms with van der Waals surface area (Å²) >= 11 is 0. The average Bonchev–Trinajstić information content (AvgIpc) is 2.94. The summed E-state index contributed by atoms with van der Waals surface area (Å²) in [6.07, 6.45) is 1.62. The van der Waals surface area contributed by atoms with Gasteiger partial charge in [-0.3, -0.25) is 0 Å². The van der Waals surface area contributed by atoms with E-state index in [9.17, 15) is 13.2 Å². The summed E-state index contributed by atoms with van der Waals surface area (Å²) < 4.78 is 40.6. The summed E-state index contributed by atoms with van der Waals surface area (Å²) in [5, 5.41) is 3.23. The molecule has 0 amide bonds. The Morgan fingerprint density at radius 3 is 2.10 bits per heavy atom. The molecule has 0 saturated carbocycles. The minimum absolute atomic E-state index is 0.138. The second-order valence-electron chi connectivity index (χ2n) is 2.77. The molecule has 0 bridgehead atoms. The third-order valence-corrected chi connectivity index (χ3v) is 1.61. The van der Waals surface area contributed by atoms with E-state index < -0.39 is 12.1 Å². The minimum Gasteiger partial charge on any atom is -0.329 e. The molecule has 3 nitrogen and oxygen atoms in total. The van der Waals surface area contributed by atoms with Crippen LogP contribution in [-0.2, 0) is 6.18 Å².